The Bertz CT molecular complexity index is 1390. The van der Waals surface area contributed by atoms with Crippen LogP contribution >= 0.6 is 21.6 Å². The fourth-order valence-corrected chi connectivity index (χ4v) is 7.53. The lowest BCUT2D eigenvalue weighted by Crippen LogP contribution is -2.62. The zero-order chi connectivity index (χ0) is 33.5. The zero-order valence-corrected chi connectivity index (χ0v) is 27.5. The minimum atomic E-state index is -1.37. The maximum atomic E-state index is 13.6. The van der Waals surface area contributed by atoms with Crippen LogP contribution in [0, 0.1) is 0 Å². The van der Waals surface area contributed by atoms with E-state index in [1.165, 1.54) is 22.9 Å². The quantitative estimate of drug-likeness (QED) is 0.215. The summed E-state index contributed by atoms with van der Waals surface area (Å²) in [5, 5.41) is 30.3. The molecule has 244 valence electrons. The van der Waals surface area contributed by atoms with E-state index in [2.05, 4.69) is 21.3 Å². The fraction of sp³-hybridized carbons (Fsp3) is 0.452. The summed E-state index contributed by atoms with van der Waals surface area (Å²) in [7, 11) is 2.32. The number of carbonyl (C=O) groups excluding carboxylic acids is 4. The molecule has 0 spiro atoms. The number of nitrogens with two attached hydrogens (primary N) is 1. The number of phenolic OH excluding ortho intramolecular Hbond substituents is 1. The van der Waals surface area contributed by atoms with Crippen molar-refractivity contribution in [3.63, 3.8) is 0 Å². The molecule has 0 radical (unpaired) electrons. The number of carboxylic acid groups (broad SMARTS) is 1. The van der Waals surface area contributed by atoms with E-state index in [9.17, 15) is 34.2 Å². The summed E-state index contributed by atoms with van der Waals surface area (Å²) >= 11 is 0. The molecule has 1 saturated heterocycles. The molecular formula is C31H41N5O7S2. The van der Waals surface area contributed by atoms with Crippen LogP contribution in [0.25, 0.3) is 0 Å². The van der Waals surface area contributed by atoms with Crippen LogP contribution in [0.5, 0.6) is 5.75 Å². The summed E-state index contributed by atoms with van der Waals surface area (Å²) in [4.78, 5) is 65.9. The number of carbonyl (C=O) groups is 5. The third kappa shape index (κ3) is 9.62. The Hall–Kier alpha value is -3.75. The largest absolute Gasteiger partial charge is 0.508 e. The van der Waals surface area contributed by atoms with Gasteiger partial charge in [-0.3, -0.25) is 19.2 Å². The van der Waals surface area contributed by atoms with E-state index in [1.54, 1.807) is 71.0 Å². The van der Waals surface area contributed by atoms with Crippen LogP contribution in [0.4, 0.5) is 0 Å². The first kappa shape index (κ1) is 35.7. The van der Waals surface area contributed by atoms with E-state index in [4.69, 9.17) is 5.73 Å². The second kappa shape index (κ2) is 15.0. The molecule has 0 bridgehead atoms. The van der Waals surface area contributed by atoms with Crippen molar-refractivity contribution in [1.82, 2.24) is 21.3 Å². The summed E-state index contributed by atoms with van der Waals surface area (Å²) in [6.07, 6.45) is 0.138. The minimum Gasteiger partial charge on any atom is -0.508 e. The Morgan fingerprint density at radius 1 is 0.956 bits per heavy atom. The fourth-order valence-electron chi connectivity index (χ4n) is 4.72. The molecular weight excluding hydrogens is 619 g/mol. The average molecular weight is 660 g/mol. The van der Waals surface area contributed by atoms with Crippen LogP contribution < -0.4 is 27.0 Å². The lowest BCUT2D eigenvalue weighted by atomic mass is 9.91. The molecule has 4 amide bonds. The van der Waals surface area contributed by atoms with Crippen molar-refractivity contribution in [2.45, 2.75) is 80.6 Å². The molecule has 1 fully saturated rings. The highest BCUT2D eigenvalue weighted by molar-refractivity contribution is 8.77. The van der Waals surface area contributed by atoms with Crippen molar-refractivity contribution in [2.75, 3.05) is 6.54 Å². The minimum absolute atomic E-state index is 0.0713. The van der Waals surface area contributed by atoms with Crippen molar-refractivity contribution in [1.29, 1.82) is 0 Å². The van der Waals surface area contributed by atoms with Crippen molar-refractivity contribution >= 4 is 51.2 Å². The molecule has 5 atom stereocenters. The van der Waals surface area contributed by atoms with Gasteiger partial charge in [-0.1, -0.05) is 71.0 Å². The van der Waals surface area contributed by atoms with Gasteiger partial charge in [0.2, 0.25) is 23.6 Å². The Kier molecular flexibility index (Phi) is 11.9. The first-order chi connectivity index (χ1) is 21.0. The molecule has 0 aliphatic carbocycles. The molecule has 1 unspecified atom stereocenters. The molecule has 0 aromatic heterocycles. The summed E-state index contributed by atoms with van der Waals surface area (Å²) in [5.41, 5.74) is 7.63. The van der Waals surface area contributed by atoms with E-state index in [0.29, 0.717) is 5.56 Å². The van der Waals surface area contributed by atoms with Gasteiger partial charge in [-0.25, -0.2) is 4.79 Å². The Morgan fingerprint density at radius 2 is 1.56 bits per heavy atom. The first-order valence-electron chi connectivity index (χ1n) is 14.4. The van der Waals surface area contributed by atoms with Gasteiger partial charge in [-0.2, -0.15) is 0 Å². The lowest BCUT2D eigenvalue weighted by Gasteiger charge is -2.38. The standard InChI is InChI=1S/C31H41N5O7S2/c1-17(19-9-7-6-8-10-19)23-27(40)36-25(29(42)43)31(4,5)45-44-30(2,3)24(28(41)33-16-22(38)34-23)35-26(39)21(32)15-18-11-13-20(37)14-12-18/h6-14,17,21,23-25,37H,15-16,32H2,1-5H3,(H,33,41)(H,34,38)(H,35,39)(H,36,40)(H,42,43)/t17-,21+,23-,24+,25?/m1/s1. The third-order valence-electron chi connectivity index (χ3n) is 7.52. The molecule has 8 N–H and O–H groups in total. The van der Waals surface area contributed by atoms with Gasteiger partial charge in [0.15, 0.2) is 0 Å². The molecule has 0 saturated carbocycles. The van der Waals surface area contributed by atoms with E-state index in [-0.39, 0.29) is 12.2 Å². The third-order valence-corrected chi connectivity index (χ3v) is 11.8. The van der Waals surface area contributed by atoms with Crippen LogP contribution in [0.1, 0.15) is 51.7 Å². The average Bonchev–Trinajstić information content (AvgIpc) is 2.99. The number of hydrogen-bond acceptors (Lipinski definition) is 9. The molecule has 2 aromatic carbocycles. The molecule has 45 heavy (non-hydrogen) atoms. The van der Waals surface area contributed by atoms with Gasteiger partial charge in [0, 0.05) is 10.7 Å². The summed E-state index contributed by atoms with van der Waals surface area (Å²) in [5.74, 6) is -4.37. The van der Waals surface area contributed by atoms with Crippen LogP contribution in [0.3, 0.4) is 0 Å². The normalized spacial score (nSPS) is 23.7. The highest BCUT2D eigenvalue weighted by Gasteiger charge is 2.44. The second-order valence-corrected chi connectivity index (χ2v) is 15.5. The van der Waals surface area contributed by atoms with Crippen LogP contribution in [0.2, 0.25) is 0 Å². The van der Waals surface area contributed by atoms with Gasteiger partial charge in [-0.05, 0) is 57.4 Å². The summed E-state index contributed by atoms with van der Waals surface area (Å²) in [6.45, 7) is 7.95. The number of phenols is 1. The smallest absolute Gasteiger partial charge is 0.327 e. The molecule has 1 aliphatic rings. The number of amides is 4. The maximum absolute atomic E-state index is 13.6. The van der Waals surface area contributed by atoms with Crippen LogP contribution in [-0.2, 0) is 30.4 Å². The summed E-state index contributed by atoms with van der Waals surface area (Å²) in [6, 6.07) is 10.5. The maximum Gasteiger partial charge on any atom is 0.327 e. The van der Waals surface area contributed by atoms with Crippen molar-refractivity contribution in [3.8, 4) is 5.75 Å². The predicted molar refractivity (Wildman–Crippen MR) is 174 cm³/mol. The van der Waals surface area contributed by atoms with Gasteiger partial charge in [0.05, 0.1) is 17.3 Å². The Morgan fingerprint density at radius 3 is 2.16 bits per heavy atom. The second-order valence-electron chi connectivity index (χ2n) is 12.0. The SMILES string of the molecule is C[C@H](c1ccccc1)[C@H]1NC(=O)CNC(=O)[C@H](NC(=O)[C@@H](N)Cc2ccc(O)cc2)C(C)(C)SSC(C)(C)C(C(=O)O)NC1=O. The van der Waals surface area contributed by atoms with Crippen LogP contribution in [0.15, 0.2) is 54.6 Å². The molecule has 14 heteroatoms. The number of benzene rings is 2. The Labute approximate surface area is 270 Å². The van der Waals surface area contributed by atoms with E-state index >= 15 is 0 Å². The van der Waals surface area contributed by atoms with E-state index < -0.39 is 75.7 Å². The number of rotatable bonds is 7. The zero-order valence-electron chi connectivity index (χ0n) is 25.8. The number of aliphatic carboxylic acids is 1. The lowest BCUT2D eigenvalue weighted by molar-refractivity contribution is -0.143. The van der Waals surface area contributed by atoms with Gasteiger partial charge in [0.25, 0.3) is 0 Å². The predicted octanol–water partition coefficient (Wildman–Crippen LogP) is 1.67. The van der Waals surface area contributed by atoms with Crippen molar-refractivity contribution < 1.29 is 34.2 Å². The highest BCUT2D eigenvalue weighted by atomic mass is 33.1. The van der Waals surface area contributed by atoms with Gasteiger partial charge < -0.3 is 37.2 Å². The van der Waals surface area contributed by atoms with Gasteiger partial charge in [-0.15, -0.1) is 0 Å². The van der Waals surface area contributed by atoms with Gasteiger partial charge >= 0.3 is 5.97 Å². The number of carboxylic acids is 1. The molecule has 3 rings (SSSR count). The number of hydrogen-bond donors (Lipinski definition) is 7. The van der Waals surface area contributed by atoms with E-state index in [0.717, 1.165) is 16.4 Å². The molecule has 2 aromatic rings. The van der Waals surface area contributed by atoms with Gasteiger partial charge in [0.1, 0.15) is 23.9 Å². The monoisotopic (exact) mass is 659 g/mol. The number of aromatic hydroxyl groups is 1. The van der Waals surface area contributed by atoms with Crippen molar-refractivity contribution in [2.24, 2.45) is 5.73 Å². The van der Waals surface area contributed by atoms with Crippen LogP contribution in [-0.4, -0.2) is 80.0 Å². The molecule has 1 aliphatic heterocycles. The number of nitrogens with one attached hydrogen (secondary N) is 4. The van der Waals surface area contributed by atoms with Crippen molar-refractivity contribution in [3.05, 3.63) is 65.7 Å². The molecule has 1 heterocycles. The Balaban J connectivity index is 1.91. The summed E-state index contributed by atoms with van der Waals surface area (Å²) < 4.78 is -2.16. The molecule has 12 nitrogen and oxygen atoms in total. The first-order valence-corrected chi connectivity index (χ1v) is 16.5. The van der Waals surface area contributed by atoms with E-state index in [1.807, 2.05) is 6.07 Å². The highest BCUT2D eigenvalue weighted by Crippen LogP contribution is 2.46. The topological polar surface area (TPSA) is 200 Å².